The lowest BCUT2D eigenvalue weighted by molar-refractivity contribution is 0.178. The molecule has 6 heteroatoms. The highest BCUT2D eigenvalue weighted by molar-refractivity contribution is 5.47. The van der Waals surface area contributed by atoms with Gasteiger partial charge in [-0.2, -0.15) is 0 Å². The fourth-order valence-corrected chi connectivity index (χ4v) is 1.86. The zero-order valence-corrected chi connectivity index (χ0v) is 11.5. The molecular weight excluding hydrogens is 259 g/mol. The largest absolute Gasteiger partial charge is 0.384 e. The molecule has 0 aliphatic heterocycles. The molecule has 0 fully saturated rings. The average Bonchev–Trinajstić information content (AvgIpc) is 2.41. The monoisotopic (exact) mass is 276 g/mol. The van der Waals surface area contributed by atoms with Crippen LogP contribution in [0.1, 0.15) is 11.4 Å². The molecule has 0 saturated carbocycles. The van der Waals surface area contributed by atoms with Crippen molar-refractivity contribution < 1.29 is 9.13 Å². The minimum Gasteiger partial charge on any atom is -0.384 e. The third-order valence-electron chi connectivity index (χ3n) is 2.81. The van der Waals surface area contributed by atoms with Crippen molar-refractivity contribution in [3.05, 3.63) is 47.5 Å². The van der Waals surface area contributed by atoms with Crippen molar-refractivity contribution in [1.82, 2.24) is 9.97 Å². The molecule has 0 radical (unpaired) electrons. The normalized spacial score (nSPS) is 10.6. The number of halogens is 1. The number of nitrogen functional groups attached to an aromatic ring is 1. The van der Waals surface area contributed by atoms with Gasteiger partial charge >= 0.3 is 0 Å². The second kappa shape index (κ2) is 6.29. The molecule has 106 valence electrons. The van der Waals surface area contributed by atoms with Crippen molar-refractivity contribution in [1.29, 1.82) is 0 Å². The number of ether oxygens (including phenoxy) is 1. The Bertz CT molecular complexity index is 591. The molecular formula is C14H17FN4O. The third kappa shape index (κ3) is 3.42. The summed E-state index contributed by atoms with van der Waals surface area (Å²) in [6.07, 6.45) is 0. The fourth-order valence-electron chi connectivity index (χ4n) is 1.86. The van der Waals surface area contributed by atoms with Crippen molar-refractivity contribution in [2.24, 2.45) is 0 Å². The van der Waals surface area contributed by atoms with E-state index in [-0.39, 0.29) is 12.4 Å². The van der Waals surface area contributed by atoms with Gasteiger partial charge in [0.2, 0.25) is 0 Å². The molecule has 2 aromatic rings. The summed E-state index contributed by atoms with van der Waals surface area (Å²) in [6.45, 7) is 0.682. The Balaban J connectivity index is 2.20. The number of aromatic nitrogens is 2. The zero-order chi connectivity index (χ0) is 14.5. The van der Waals surface area contributed by atoms with Crippen LogP contribution in [-0.4, -0.2) is 24.1 Å². The molecule has 0 spiro atoms. The Hall–Kier alpha value is -2.21. The van der Waals surface area contributed by atoms with Crippen LogP contribution in [-0.2, 0) is 17.9 Å². The highest BCUT2D eigenvalue weighted by Crippen LogP contribution is 2.17. The second-order valence-corrected chi connectivity index (χ2v) is 4.45. The molecule has 0 saturated heterocycles. The lowest BCUT2D eigenvalue weighted by Gasteiger charge is -2.19. The van der Waals surface area contributed by atoms with Crippen LogP contribution < -0.4 is 10.6 Å². The minimum absolute atomic E-state index is 0.238. The molecule has 5 nitrogen and oxygen atoms in total. The summed E-state index contributed by atoms with van der Waals surface area (Å²) in [5, 5.41) is 0. The Kier molecular flexibility index (Phi) is 4.47. The van der Waals surface area contributed by atoms with E-state index in [1.54, 1.807) is 31.4 Å². The first kappa shape index (κ1) is 14.2. The van der Waals surface area contributed by atoms with Crippen molar-refractivity contribution in [2.75, 3.05) is 24.8 Å². The van der Waals surface area contributed by atoms with E-state index in [9.17, 15) is 4.39 Å². The van der Waals surface area contributed by atoms with Crippen molar-refractivity contribution in [3.8, 4) is 0 Å². The van der Waals surface area contributed by atoms with E-state index in [1.165, 1.54) is 6.07 Å². The van der Waals surface area contributed by atoms with E-state index in [0.29, 0.717) is 29.6 Å². The first-order valence-electron chi connectivity index (χ1n) is 6.17. The Morgan fingerprint density at radius 1 is 1.30 bits per heavy atom. The number of rotatable bonds is 5. The summed E-state index contributed by atoms with van der Waals surface area (Å²) in [4.78, 5) is 10.2. The molecule has 1 aromatic heterocycles. The molecule has 1 aromatic carbocycles. The van der Waals surface area contributed by atoms with Gasteiger partial charge in [-0.15, -0.1) is 0 Å². The summed E-state index contributed by atoms with van der Waals surface area (Å²) >= 11 is 0. The third-order valence-corrected chi connectivity index (χ3v) is 2.81. The number of hydrogen-bond donors (Lipinski definition) is 1. The number of benzene rings is 1. The van der Waals surface area contributed by atoms with Gasteiger partial charge in [0.05, 0.1) is 0 Å². The lowest BCUT2D eigenvalue weighted by Crippen LogP contribution is -2.20. The molecule has 0 amide bonds. The van der Waals surface area contributed by atoms with Crippen molar-refractivity contribution >= 4 is 11.6 Å². The van der Waals surface area contributed by atoms with Crippen LogP contribution in [0.4, 0.5) is 16.0 Å². The van der Waals surface area contributed by atoms with Crippen molar-refractivity contribution in [3.63, 3.8) is 0 Å². The van der Waals surface area contributed by atoms with Gasteiger partial charge in [0.15, 0.2) is 5.82 Å². The molecule has 0 bridgehead atoms. The highest BCUT2D eigenvalue weighted by atomic mass is 19.1. The van der Waals surface area contributed by atoms with Gasteiger partial charge in [-0.25, -0.2) is 14.4 Å². The smallest absolute Gasteiger partial charge is 0.158 e. The Labute approximate surface area is 117 Å². The summed E-state index contributed by atoms with van der Waals surface area (Å²) in [7, 11) is 3.39. The Morgan fingerprint density at radius 2 is 2.05 bits per heavy atom. The first-order chi connectivity index (χ1) is 9.60. The van der Waals surface area contributed by atoms with Gasteiger partial charge in [-0.3, -0.25) is 0 Å². The zero-order valence-electron chi connectivity index (χ0n) is 11.5. The summed E-state index contributed by atoms with van der Waals surface area (Å²) in [5.41, 5.74) is 6.34. The average molecular weight is 276 g/mol. The van der Waals surface area contributed by atoms with Crippen LogP contribution in [0.2, 0.25) is 0 Å². The highest BCUT2D eigenvalue weighted by Gasteiger charge is 2.10. The number of nitrogens with two attached hydrogens (primary N) is 1. The van der Waals surface area contributed by atoms with E-state index in [1.807, 2.05) is 11.9 Å². The van der Waals surface area contributed by atoms with Gasteiger partial charge < -0.3 is 15.4 Å². The maximum atomic E-state index is 13.6. The molecule has 0 aliphatic carbocycles. The number of hydrogen-bond acceptors (Lipinski definition) is 5. The maximum Gasteiger partial charge on any atom is 0.158 e. The standard InChI is InChI=1S/C14H17FN4O/c1-19(8-10-5-3-4-6-11(10)15)14-7-12(16)17-13(18-14)9-20-2/h3-7H,8-9H2,1-2H3,(H2,16,17,18). The summed E-state index contributed by atoms with van der Waals surface area (Å²) < 4.78 is 18.6. The topological polar surface area (TPSA) is 64.3 Å². The van der Waals surface area contributed by atoms with Gasteiger partial charge in [-0.1, -0.05) is 18.2 Å². The predicted molar refractivity (Wildman–Crippen MR) is 75.7 cm³/mol. The van der Waals surface area contributed by atoms with Crippen LogP contribution >= 0.6 is 0 Å². The van der Waals surface area contributed by atoms with E-state index < -0.39 is 0 Å². The van der Waals surface area contributed by atoms with E-state index in [4.69, 9.17) is 10.5 Å². The van der Waals surface area contributed by atoms with E-state index in [0.717, 1.165) is 0 Å². The van der Waals surface area contributed by atoms with E-state index >= 15 is 0 Å². The van der Waals surface area contributed by atoms with Gasteiger partial charge in [0.1, 0.15) is 24.1 Å². The SMILES string of the molecule is COCc1nc(N)cc(N(C)Cc2ccccc2F)n1. The summed E-state index contributed by atoms with van der Waals surface area (Å²) in [6, 6.07) is 8.30. The molecule has 2 N–H and O–H groups in total. The van der Waals surface area contributed by atoms with Crippen LogP contribution in [0.3, 0.4) is 0 Å². The van der Waals surface area contributed by atoms with Gasteiger partial charge in [0, 0.05) is 32.3 Å². The quantitative estimate of drug-likeness (QED) is 0.904. The minimum atomic E-state index is -0.238. The molecule has 0 unspecified atom stereocenters. The van der Waals surface area contributed by atoms with Gasteiger partial charge in [0.25, 0.3) is 0 Å². The molecule has 1 heterocycles. The van der Waals surface area contributed by atoms with Crippen LogP contribution in [0, 0.1) is 5.82 Å². The summed E-state index contributed by atoms with van der Waals surface area (Å²) in [5.74, 6) is 1.26. The predicted octanol–water partition coefficient (Wildman–Crippen LogP) is 1.98. The molecule has 2 rings (SSSR count). The Morgan fingerprint density at radius 3 is 2.75 bits per heavy atom. The fraction of sp³-hybridized carbons (Fsp3) is 0.286. The maximum absolute atomic E-state index is 13.6. The van der Waals surface area contributed by atoms with Gasteiger partial charge in [-0.05, 0) is 6.07 Å². The van der Waals surface area contributed by atoms with Crippen LogP contribution in [0.15, 0.2) is 30.3 Å². The molecule has 0 aliphatic rings. The van der Waals surface area contributed by atoms with Crippen molar-refractivity contribution in [2.45, 2.75) is 13.2 Å². The second-order valence-electron chi connectivity index (χ2n) is 4.45. The van der Waals surface area contributed by atoms with E-state index in [2.05, 4.69) is 9.97 Å². The lowest BCUT2D eigenvalue weighted by atomic mass is 10.2. The van der Waals surface area contributed by atoms with Crippen LogP contribution in [0.5, 0.6) is 0 Å². The first-order valence-corrected chi connectivity index (χ1v) is 6.17. The van der Waals surface area contributed by atoms with Crippen LogP contribution in [0.25, 0.3) is 0 Å². The number of anilines is 2. The molecule has 0 atom stereocenters. The number of nitrogens with zero attached hydrogens (tertiary/aromatic N) is 3. The number of methoxy groups -OCH3 is 1. The molecule has 20 heavy (non-hydrogen) atoms.